The highest BCUT2D eigenvalue weighted by atomic mass is 16.5. The Labute approximate surface area is 280 Å². The highest BCUT2D eigenvalue weighted by Gasteiger charge is 2.21. The second-order valence-corrected chi connectivity index (χ2v) is 12.9. The lowest BCUT2D eigenvalue weighted by atomic mass is 9.81. The first kappa shape index (κ1) is 34.1. The summed E-state index contributed by atoms with van der Waals surface area (Å²) in [6.07, 6.45) is 9.14. The summed E-state index contributed by atoms with van der Waals surface area (Å²) in [7, 11) is 3.24. The summed E-state index contributed by atoms with van der Waals surface area (Å²) in [5.41, 5.74) is 13.0. The maximum Gasteiger partial charge on any atom is 0.258 e. The van der Waals surface area contributed by atoms with Gasteiger partial charge >= 0.3 is 0 Å². The number of hydrogen-bond acceptors (Lipinski definition) is 5. The number of nitrogens with one attached hydrogen (secondary N) is 1. The van der Waals surface area contributed by atoms with Crippen LogP contribution in [0.25, 0.3) is 0 Å². The molecular formula is C41H50N2O4. The Kier molecular flexibility index (Phi) is 12.0. The summed E-state index contributed by atoms with van der Waals surface area (Å²) in [6.45, 7) is 4.30. The molecule has 0 saturated heterocycles. The van der Waals surface area contributed by atoms with Crippen LogP contribution in [0.15, 0.2) is 91.0 Å². The van der Waals surface area contributed by atoms with Crippen LogP contribution >= 0.6 is 0 Å². The minimum absolute atomic E-state index is 0.0984. The third-order valence-corrected chi connectivity index (χ3v) is 9.76. The smallest absolute Gasteiger partial charge is 0.258 e. The van der Waals surface area contributed by atoms with Crippen molar-refractivity contribution in [1.82, 2.24) is 5.32 Å². The van der Waals surface area contributed by atoms with Crippen LogP contribution in [-0.4, -0.2) is 26.7 Å². The highest BCUT2D eigenvalue weighted by Crippen LogP contribution is 2.35. The maximum absolute atomic E-state index is 13.3. The molecule has 3 N–H and O–H groups in total. The van der Waals surface area contributed by atoms with E-state index < -0.39 is 6.04 Å². The Morgan fingerprint density at radius 2 is 1.43 bits per heavy atom. The van der Waals surface area contributed by atoms with E-state index in [1.54, 1.807) is 14.2 Å². The lowest BCUT2D eigenvalue weighted by Crippen LogP contribution is -2.33. The van der Waals surface area contributed by atoms with Gasteiger partial charge in [-0.15, -0.1) is 0 Å². The van der Waals surface area contributed by atoms with Gasteiger partial charge in [-0.3, -0.25) is 4.79 Å². The van der Waals surface area contributed by atoms with Crippen LogP contribution in [-0.2, 0) is 4.79 Å². The van der Waals surface area contributed by atoms with E-state index in [4.69, 9.17) is 19.9 Å². The normalized spacial score (nSPS) is 17.9. The van der Waals surface area contributed by atoms with Gasteiger partial charge in [-0.05, 0) is 84.5 Å². The number of hydrogen-bond donors (Lipinski definition) is 2. The number of rotatable bonds is 12. The largest absolute Gasteiger partial charge is 0.497 e. The Bertz CT molecular complexity index is 1570. The summed E-state index contributed by atoms with van der Waals surface area (Å²) in [5, 5.41) is 3.24. The van der Waals surface area contributed by atoms with Gasteiger partial charge in [0, 0.05) is 11.6 Å². The van der Waals surface area contributed by atoms with Crippen molar-refractivity contribution in [2.24, 2.45) is 11.7 Å². The third kappa shape index (κ3) is 8.95. The standard InChI is InChI=1S/C41H50N2O4/c1-5-29-8-6-7-9-30(15-12-29)31-16-18-34(19-17-31)41(33-13-10-28(2)11-14-33)43-39(44)27-47-35-22-20-32(21-23-35)40(42)37-25-24-36(45-3)26-38(37)46-4/h10-11,13-14,16-26,29-30,40-41H,5-9,12,15,27,42H2,1-4H3,(H,43,44). The molecule has 0 spiro atoms. The van der Waals surface area contributed by atoms with E-state index in [0.717, 1.165) is 28.2 Å². The number of nitrogens with two attached hydrogens (primary N) is 1. The molecule has 0 aliphatic heterocycles. The molecule has 1 fully saturated rings. The number of carbonyl (C=O) groups is 1. The molecule has 1 aliphatic carbocycles. The number of methoxy groups -OCH3 is 2. The van der Waals surface area contributed by atoms with Crippen molar-refractivity contribution >= 4 is 5.91 Å². The molecule has 4 atom stereocenters. The van der Waals surface area contributed by atoms with Gasteiger partial charge in [-0.1, -0.05) is 98.8 Å². The van der Waals surface area contributed by atoms with Crippen LogP contribution in [0.5, 0.6) is 17.2 Å². The van der Waals surface area contributed by atoms with E-state index in [1.807, 2.05) is 42.5 Å². The van der Waals surface area contributed by atoms with E-state index in [2.05, 4.69) is 67.7 Å². The quantitative estimate of drug-likeness (QED) is 0.163. The first-order valence-corrected chi connectivity index (χ1v) is 17.0. The summed E-state index contributed by atoms with van der Waals surface area (Å²) >= 11 is 0. The molecule has 0 bridgehead atoms. The van der Waals surface area contributed by atoms with Crippen LogP contribution < -0.4 is 25.3 Å². The molecule has 0 radical (unpaired) electrons. The SMILES string of the molecule is CCC1CCCCC(c2ccc(C(NC(=O)COc3ccc(C(N)c4ccc(OC)cc4OC)cc3)c3ccc(C)cc3)cc2)CC1. The van der Waals surface area contributed by atoms with Crippen molar-refractivity contribution in [3.05, 3.63) is 124 Å². The van der Waals surface area contributed by atoms with Crippen molar-refractivity contribution < 1.29 is 19.0 Å². The number of amides is 1. The molecule has 6 nitrogen and oxygen atoms in total. The minimum Gasteiger partial charge on any atom is -0.497 e. The van der Waals surface area contributed by atoms with E-state index in [1.165, 1.54) is 56.1 Å². The summed E-state index contributed by atoms with van der Waals surface area (Å²) in [5.74, 6) is 3.25. The van der Waals surface area contributed by atoms with E-state index in [-0.39, 0.29) is 18.6 Å². The molecule has 4 unspecified atom stereocenters. The van der Waals surface area contributed by atoms with Crippen molar-refractivity contribution in [1.29, 1.82) is 0 Å². The first-order chi connectivity index (χ1) is 22.9. The van der Waals surface area contributed by atoms with Crippen LogP contribution in [0, 0.1) is 12.8 Å². The molecule has 4 aromatic rings. The average Bonchev–Trinajstić information content (AvgIpc) is 3.10. The van der Waals surface area contributed by atoms with Gasteiger partial charge in [0.1, 0.15) is 17.2 Å². The molecule has 4 aromatic carbocycles. The number of ether oxygens (including phenoxy) is 3. The number of carbonyl (C=O) groups excluding carboxylic acids is 1. The first-order valence-electron chi connectivity index (χ1n) is 17.0. The summed E-state index contributed by atoms with van der Waals surface area (Å²) in [4.78, 5) is 13.3. The van der Waals surface area contributed by atoms with Crippen LogP contribution in [0.2, 0.25) is 0 Å². The van der Waals surface area contributed by atoms with Gasteiger partial charge in [0.2, 0.25) is 0 Å². The fraction of sp³-hybridized carbons (Fsp3) is 0.390. The van der Waals surface area contributed by atoms with Crippen molar-refractivity contribution in [3.63, 3.8) is 0 Å². The van der Waals surface area contributed by atoms with Crippen molar-refractivity contribution in [2.75, 3.05) is 20.8 Å². The average molecular weight is 635 g/mol. The van der Waals surface area contributed by atoms with Gasteiger partial charge in [-0.2, -0.15) is 0 Å². The molecule has 248 valence electrons. The lowest BCUT2D eigenvalue weighted by molar-refractivity contribution is -0.123. The second-order valence-electron chi connectivity index (χ2n) is 12.9. The Morgan fingerprint density at radius 3 is 2.09 bits per heavy atom. The fourth-order valence-corrected chi connectivity index (χ4v) is 6.75. The molecule has 5 rings (SSSR count). The van der Waals surface area contributed by atoms with Gasteiger partial charge in [0.25, 0.3) is 5.91 Å². The van der Waals surface area contributed by atoms with Crippen LogP contribution in [0.4, 0.5) is 0 Å². The molecule has 47 heavy (non-hydrogen) atoms. The Balaban J connectivity index is 1.24. The monoisotopic (exact) mass is 634 g/mol. The number of aryl methyl sites for hydroxylation is 1. The van der Waals surface area contributed by atoms with Crippen molar-refractivity contribution in [2.45, 2.75) is 76.8 Å². The maximum atomic E-state index is 13.3. The lowest BCUT2D eigenvalue weighted by Gasteiger charge is -2.25. The Morgan fingerprint density at radius 1 is 0.787 bits per heavy atom. The Hall–Kier alpha value is -4.29. The highest BCUT2D eigenvalue weighted by molar-refractivity contribution is 5.78. The number of benzene rings is 4. The predicted octanol–water partition coefficient (Wildman–Crippen LogP) is 8.81. The third-order valence-electron chi connectivity index (χ3n) is 9.76. The van der Waals surface area contributed by atoms with Gasteiger partial charge in [-0.25, -0.2) is 0 Å². The van der Waals surface area contributed by atoms with Crippen molar-refractivity contribution in [3.8, 4) is 17.2 Å². The summed E-state index contributed by atoms with van der Waals surface area (Å²) < 4.78 is 16.8. The van der Waals surface area contributed by atoms with Gasteiger partial charge in [0.05, 0.1) is 26.3 Å². The molecule has 0 heterocycles. The van der Waals surface area contributed by atoms with Gasteiger partial charge < -0.3 is 25.3 Å². The molecule has 1 aliphatic rings. The van der Waals surface area contributed by atoms with E-state index in [0.29, 0.717) is 23.2 Å². The van der Waals surface area contributed by atoms with Crippen LogP contribution in [0.1, 0.15) is 103 Å². The zero-order valence-corrected chi connectivity index (χ0v) is 28.3. The minimum atomic E-state index is -0.393. The van der Waals surface area contributed by atoms with E-state index in [9.17, 15) is 4.79 Å². The molecule has 6 heteroatoms. The zero-order valence-electron chi connectivity index (χ0n) is 28.3. The molecule has 1 saturated carbocycles. The van der Waals surface area contributed by atoms with E-state index >= 15 is 0 Å². The second kappa shape index (κ2) is 16.5. The predicted molar refractivity (Wildman–Crippen MR) is 189 cm³/mol. The summed E-state index contributed by atoms with van der Waals surface area (Å²) in [6, 6.07) is 29.7. The zero-order chi connectivity index (χ0) is 33.2. The molecule has 0 aromatic heterocycles. The van der Waals surface area contributed by atoms with Gasteiger partial charge in [0.15, 0.2) is 6.61 Å². The topological polar surface area (TPSA) is 82.8 Å². The fourth-order valence-electron chi connectivity index (χ4n) is 6.75. The molecule has 1 amide bonds. The molecular weight excluding hydrogens is 584 g/mol. The van der Waals surface area contributed by atoms with Crippen LogP contribution in [0.3, 0.4) is 0 Å².